The maximum Gasteiger partial charge on any atom is 0 e. The molecule has 2 aromatic rings. The van der Waals surface area contributed by atoms with Gasteiger partial charge in [0.2, 0.25) is 0 Å². The van der Waals surface area contributed by atoms with E-state index in [1.165, 1.54) is 0 Å². The van der Waals surface area contributed by atoms with Gasteiger partial charge in [0.1, 0.15) is 0 Å². The molecule has 0 unspecified atom stereocenters. The molecule has 0 heterocycles. The van der Waals surface area contributed by atoms with Gasteiger partial charge in [-0.25, -0.2) is 0 Å². The molecule has 0 aliphatic heterocycles. The molecule has 0 amide bonds. The van der Waals surface area contributed by atoms with E-state index in [0.29, 0.717) is 0 Å². The van der Waals surface area contributed by atoms with Crippen LogP contribution in [0.4, 0.5) is 0 Å². The number of benzene rings is 2. The molecule has 0 bridgehead atoms. The summed E-state index contributed by atoms with van der Waals surface area (Å²) in [7, 11) is 3.85. The number of rotatable bonds is 5. The van der Waals surface area contributed by atoms with Gasteiger partial charge in [0.05, 0.1) is 12.1 Å². The minimum Gasteiger partial charge on any atom is 0 e. The minimum atomic E-state index is 0. The van der Waals surface area contributed by atoms with Crippen molar-refractivity contribution in [1.29, 1.82) is 0 Å². The van der Waals surface area contributed by atoms with E-state index in [4.69, 9.17) is 51.1 Å². The zero-order valence-electron chi connectivity index (χ0n) is 17.8. The molecule has 2 rings (SSSR count). The fraction of sp³-hybridized carbons (Fsp3) is 0.182. The molecule has 34 heavy (non-hydrogen) atoms. The number of nitrogens with one attached hydrogen (secondary N) is 2. The van der Waals surface area contributed by atoms with Crippen molar-refractivity contribution in [3.05, 3.63) is 110 Å². The van der Waals surface area contributed by atoms with Crippen molar-refractivity contribution in [2.24, 2.45) is 0 Å². The first-order chi connectivity index (χ1) is 15.7. The Hall–Kier alpha value is -1.56. The first-order valence-electron chi connectivity index (χ1n) is 7.75. The largest absolute Gasteiger partial charge is 0 e. The van der Waals surface area contributed by atoms with E-state index in [0.717, 1.165) is 21.2 Å². The second-order valence-corrected chi connectivity index (χ2v) is 5.39. The monoisotopic (exact) mass is 580 g/mol. The third-order valence-corrected chi connectivity index (χ3v) is 4.12. The van der Waals surface area contributed by atoms with Crippen molar-refractivity contribution in [2.45, 2.75) is 12.1 Å². The Morgan fingerprint density at radius 2 is 0.735 bits per heavy atom. The van der Waals surface area contributed by atoms with Crippen LogP contribution in [0.15, 0.2) is 48.5 Å². The SMILES string of the molecule is CN[C@H](c1ccccc1Cl)[C@H](NC)c1ccccc1Cl.[C-]#[O+].[C-]#[O+].[C-]#[O+].[C-]#[O+].[C-]#[O+].[C-]#[O+].[Cr].[Cr]. The van der Waals surface area contributed by atoms with E-state index >= 15 is 0 Å². The van der Waals surface area contributed by atoms with E-state index in [2.05, 4.69) is 50.5 Å². The molecule has 0 spiro atoms. The molecule has 0 fully saturated rings. The van der Waals surface area contributed by atoms with Crippen LogP contribution in [-0.4, -0.2) is 14.1 Å². The fourth-order valence-electron chi connectivity index (χ4n) is 2.46. The molecular weight excluding hydrogens is 563 g/mol. The van der Waals surface area contributed by atoms with Crippen LogP contribution < -0.4 is 10.6 Å². The molecule has 0 radical (unpaired) electrons. The molecular formula is C22H18Cl2Cr2N2O6. The van der Waals surface area contributed by atoms with Crippen molar-refractivity contribution in [2.75, 3.05) is 14.1 Å². The van der Waals surface area contributed by atoms with Crippen LogP contribution >= 0.6 is 23.2 Å². The summed E-state index contributed by atoms with van der Waals surface area (Å²) in [5.74, 6) is 0. The van der Waals surface area contributed by atoms with E-state index in [-0.39, 0.29) is 46.8 Å². The van der Waals surface area contributed by atoms with E-state index in [1.807, 2.05) is 62.6 Å². The summed E-state index contributed by atoms with van der Waals surface area (Å²) >= 11 is 12.7. The van der Waals surface area contributed by atoms with Gasteiger partial charge in [-0.15, -0.1) is 0 Å². The summed E-state index contributed by atoms with van der Waals surface area (Å²) < 4.78 is 45.0. The van der Waals surface area contributed by atoms with Gasteiger partial charge in [-0.3, -0.25) is 0 Å². The summed E-state index contributed by atoms with van der Waals surface area (Å²) in [5.41, 5.74) is 2.10. The summed E-state index contributed by atoms with van der Waals surface area (Å²) in [6.45, 7) is 27.0. The topological polar surface area (TPSA) is 143 Å². The Morgan fingerprint density at radius 3 is 0.912 bits per heavy atom. The van der Waals surface area contributed by atoms with Crippen LogP contribution in [0, 0.1) is 39.9 Å². The molecule has 0 aliphatic carbocycles. The van der Waals surface area contributed by atoms with Crippen molar-refractivity contribution in [3.63, 3.8) is 0 Å². The van der Waals surface area contributed by atoms with Gasteiger partial charge >= 0.3 is 67.8 Å². The summed E-state index contributed by atoms with van der Waals surface area (Å²) in [4.78, 5) is 0. The average molecular weight is 581 g/mol. The maximum atomic E-state index is 7.50. The fourth-order valence-corrected chi connectivity index (χ4v) is 2.96. The molecule has 2 atom stereocenters. The Balaban J connectivity index is -0.0000000911. The third kappa shape index (κ3) is 19.9. The van der Waals surface area contributed by atoms with Gasteiger partial charge in [-0.2, -0.15) is 0 Å². The predicted octanol–water partition coefficient (Wildman–Crippen LogP) is 3.98. The molecule has 178 valence electrons. The van der Waals surface area contributed by atoms with Gasteiger partial charge in [-0.05, 0) is 37.4 Å². The van der Waals surface area contributed by atoms with Crippen LogP contribution in [-0.2, 0) is 62.6 Å². The van der Waals surface area contributed by atoms with Gasteiger partial charge in [0.25, 0.3) is 0 Å². The Kier molecular flexibility index (Phi) is 60.7. The molecule has 0 aliphatic rings. The van der Waals surface area contributed by atoms with Crippen molar-refractivity contribution in [3.8, 4) is 0 Å². The molecule has 12 heteroatoms. The second-order valence-electron chi connectivity index (χ2n) is 4.58. The van der Waals surface area contributed by atoms with Gasteiger partial charge < -0.3 is 10.6 Å². The Bertz CT molecular complexity index is 745. The van der Waals surface area contributed by atoms with E-state index in [1.54, 1.807) is 0 Å². The van der Waals surface area contributed by atoms with E-state index in [9.17, 15) is 0 Å². The molecule has 0 aromatic heterocycles. The quantitative estimate of drug-likeness (QED) is 0.407. The average Bonchev–Trinajstić information content (AvgIpc) is 2.91. The smallest absolute Gasteiger partial charge is 0 e. The van der Waals surface area contributed by atoms with Crippen LogP contribution in [0.3, 0.4) is 0 Å². The number of hydrogen-bond donors (Lipinski definition) is 2. The van der Waals surface area contributed by atoms with Crippen LogP contribution in [0.2, 0.25) is 10.0 Å². The predicted molar refractivity (Wildman–Crippen MR) is 110 cm³/mol. The molecule has 8 nitrogen and oxygen atoms in total. The number of hydrogen-bond acceptors (Lipinski definition) is 2. The Morgan fingerprint density at radius 1 is 0.529 bits per heavy atom. The van der Waals surface area contributed by atoms with Gasteiger partial charge in [-0.1, -0.05) is 59.6 Å². The van der Waals surface area contributed by atoms with Gasteiger partial charge in [0.15, 0.2) is 0 Å². The van der Waals surface area contributed by atoms with Crippen molar-refractivity contribution >= 4 is 23.2 Å². The second kappa shape index (κ2) is 41.7. The standard InChI is InChI=1S/C16H18Cl2N2.6CO.2Cr/c1-19-15(11-7-3-5-9-13(11)17)16(20-2)12-8-4-6-10-14(12)18;6*1-2;;/h3-10,15-16,19-20H,1-2H3;;;;;;;;/t15-,16-;;;;;;;;/m1......../s1. The van der Waals surface area contributed by atoms with E-state index < -0.39 is 0 Å². The maximum absolute atomic E-state index is 7.50. The summed E-state index contributed by atoms with van der Waals surface area (Å²) in [6.07, 6.45) is 0. The Labute approximate surface area is 231 Å². The summed E-state index contributed by atoms with van der Waals surface area (Å²) in [6, 6.07) is 15.8. The molecule has 0 saturated heterocycles. The number of halogens is 2. The summed E-state index contributed by atoms with van der Waals surface area (Å²) in [5, 5.41) is 8.16. The van der Waals surface area contributed by atoms with Crippen LogP contribution in [0.25, 0.3) is 0 Å². The number of likely N-dealkylation sites (N-methyl/N-ethyl adjacent to an activating group) is 2. The minimum absolute atomic E-state index is 0. The normalized spacial score (nSPS) is 8.59. The zero-order valence-corrected chi connectivity index (χ0v) is 21.9. The first kappa shape index (κ1) is 49.6. The molecule has 2 N–H and O–H groups in total. The molecule has 2 aromatic carbocycles. The van der Waals surface area contributed by atoms with Crippen LogP contribution in [0.5, 0.6) is 0 Å². The third-order valence-electron chi connectivity index (χ3n) is 3.44. The van der Waals surface area contributed by atoms with Crippen molar-refractivity contribution < 1.29 is 62.6 Å². The first-order valence-corrected chi connectivity index (χ1v) is 8.50. The van der Waals surface area contributed by atoms with Gasteiger partial charge in [0, 0.05) is 44.8 Å². The van der Waals surface area contributed by atoms with Crippen molar-refractivity contribution in [1.82, 2.24) is 10.6 Å². The molecule has 0 saturated carbocycles. The van der Waals surface area contributed by atoms with Crippen LogP contribution in [0.1, 0.15) is 23.2 Å². The zero-order chi connectivity index (χ0) is 26.5.